The van der Waals surface area contributed by atoms with Crippen LogP contribution in [0.2, 0.25) is 0 Å². The van der Waals surface area contributed by atoms with Crippen LogP contribution in [0.4, 0.5) is 9.93 Å². The smallest absolute Gasteiger partial charge is 0.410 e. The maximum absolute atomic E-state index is 13.9. The van der Waals surface area contributed by atoms with Crippen molar-refractivity contribution in [2.24, 2.45) is 16.2 Å². The van der Waals surface area contributed by atoms with E-state index in [9.17, 15) is 46.8 Å². The number of thiazole rings is 1. The van der Waals surface area contributed by atoms with Gasteiger partial charge < -0.3 is 81.6 Å². The van der Waals surface area contributed by atoms with Crippen LogP contribution < -0.4 is 15.4 Å². The van der Waals surface area contributed by atoms with Crippen LogP contribution in [0, 0.1) is 23.2 Å². The predicted octanol–water partition coefficient (Wildman–Crippen LogP) is 11.5. The number of hydrogen-bond donors (Lipinski definition) is 4. The van der Waals surface area contributed by atoms with Crippen molar-refractivity contribution in [3.8, 4) is 28.1 Å². The summed E-state index contributed by atoms with van der Waals surface area (Å²) in [6.07, 6.45) is 10.4. The molecule has 0 radical (unpaired) electrons. The molecule has 13 rings (SSSR count). The van der Waals surface area contributed by atoms with E-state index in [1.165, 1.54) is 16.2 Å². The van der Waals surface area contributed by atoms with Gasteiger partial charge in [-0.25, -0.2) is 19.6 Å². The SMILES string of the molecule is COCCOCCOCCOCCOCCOCCOCCOCCOCCOCCOCCOc1ccc(C[C@@H](C(=O)NCCCCc2ccc(COC(=O)N(CCOC34CC5(C)CC(C)(CC(Cn6ncc(-c7ccc(-c8ccc9cccc(C(=O)Nc%10nc%11ccccc%11s%10)c9c8)nc7C(=O)O)c6C)(C5)C3)C4)CCS(=O)(=O)O)cc2)N2C(=O)C=CC2=O)cc1. The number of carboxylic acids is 1. The normalized spacial score (nSPS) is 18.5. The van der Waals surface area contributed by atoms with Gasteiger partial charge in [0.1, 0.15) is 25.0 Å². The lowest BCUT2D eigenvalue weighted by atomic mass is 9.39. The summed E-state index contributed by atoms with van der Waals surface area (Å²) in [4.78, 5) is 92.1. The fourth-order valence-corrected chi connectivity index (χ4v) is 19.5. The molecule has 8 aromatic rings. The summed E-state index contributed by atoms with van der Waals surface area (Å²) in [5.74, 6) is -3.27. The Morgan fingerprint density at radius 1 is 0.598 bits per heavy atom. The summed E-state index contributed by atoms with van der Waals surface area (Å²) in [7, 11) is -2.83. The molecule has 32 nitrogen and oxygen atoms in total. The average molecular weight is 1800 g/mol. The highest BCUT2D eigenvalue weighted by Gasteiger charge is 2.66. The number of aromatic nitrogens is 4. The molecule has 4 N–H and O–H groups in total. The van der Waals surface area contributed by atoms with Crippen LogP contribution in [-0.2, 0) is 112 Å². The number of imide groups is 1. The molecule has 4 fully saturated rings. The summed E-state index contributed by atoms with van der Waals surface area (Å²) in [6.45, 7) is 17.0. The van der Waals surface area contributed by atoms with Crippen LogP contribution in [0.3, 0.4) is 0 Å². The van der Waals surface area contributed by atoms with Gasteiger partial charge in [0.2, 0.25) is 5.91 Å². The van der Waals surface area contributed by atoms with Crippen LogP contribution in [0.5, 0.6) is 5.75 Å². The maximum Gasteiger partial charge on any atom is 0.410 e. The summed E-state index contributed by atoms with van der Waals surface area (Å²) in [5, 5.41) is 23.6. The Balaban J connectivity index is 0.523. The molecule has 5 aromatic carbocycles. The number of rotatable bonds is 59. The molecule has 0 spiro atoms. The van der Waals surface area contributed by atoms with Crippen LogP contribution in [-0.4, -0.2) is 279 Å². The quantitative estimate of drug-likeness (QED) is 0.0156. The number of nitrogens with zero attached hydrogens (tertiary/aromatic N) is 6. The Kier molecular flexibility index (Phi) is 36.2. The van der Waals surface area contributed by atoms with Crippen LogP contribution in [0.1, 0.15) is 108 Å². The molecule has 2 unspecified atom stereocenters. The minimum atomic E-state index is -4.47. The predicted molar refractivity (Wildman–Crippen MR) is 474 cm³/mol. The van der Waals surface area contributed by atoms with E-state index < -0.39 is 57.3 Å². The van der Waals surface area contributed by atoms with Gasteiger partial charge in [-0.05, 0) is 157 Å². The first kappa shape index (κ1) is 96.5. The zero-order valence-electron chi connectivity index (χ0n) is 72.8. The molecule has 34 heteroatoms. The van der Waals surface area contributed by atoms with E-state index in [1.54, 1.807) is 55.8 Å². The van der Waals surface area contributed by atoms with Gasteiger partial charge in [0.05, 0.1) is 179 Å². The van der Waals surface area contributed by atoms with Crippen molar-refractivity contribution < 1.29 is 113 Å². The highest BCUT2D eigenvalue weighted by molar-refractivity contribution is 7.85. The lowest BCUT2D eigenvalue weighted by Gasteiger charge is -2.69. The number of benzene rings is 5. The fraction of sp³-hybridized carbons (Fsp3) is 0.516. The maximum atomic E-state index is 13.9. The standard InChI is InChI=1S/C93H118N8O24S2/c1-67-77(74-25-26-78(96-84(74)87(106)107)72-22-21-71-11-9-12-75(76(71)57-72)85(104)98-88-97-79-13-5-6-14-81(79)126-88)58-95-100(67)66-92-61-90(2)60-91(3,62-92)64-93(63-90,65-92)125-32-30-99(31-55-127(109,110)111)89(108)124-59-70-17-15-68(16-18-70)10-7-8-29-94-86(105)80(101-82(102)27-28-83(101)103)56-69-19-23-73(24-20-69)123-54-53-122-52-51-121-50-49-120-48-47-119-46-45-118-44-43-117-42-41-116-40-39-115-38-37-114-36-35-113-34-33-112-4/h5-6,9,11-28,57-58,80H,7-8,10,29-56,59-66H2,1-4H3,(H,94,105)(H,106,107)(H,97,98,104)(H,109,110,111)/t80-,90?,91?,92?,93?/m0/s1. The summed E-state index contributed by atoms with van der Waals surface area (Å²) < 4.78 is 116. The number of amides is 5. The first-order valence-corrected chi connectivity index (χ1v) is 45.8. The molecule has 4 bridgehead atoms. The number of carbonyl (C=O) groups excluding carboxylic acids is 5. The number of aromatic carboxylic acids is 1. The molecule has 4 saturated carbocycles. The Bertz CT molecular complexity index is 5020. The third-order valence-electron chi connectivity index (χ3n) is 22.9. The molecular weight excluding hydrogens is 1680 g/mol. The van der Waals surface area contributed by atoms with E-state index in [2.05, 4.69) is 29.5 Å². The number of nitrogens with one attached hydrogen (secondary N) is 2. The van der Waals surface area contributed by atoms with Crippen molar-refractivity contribution in [2.45, 2.75) is 110 Å². The Morgan fingerprint density at radius 3 is 1.76 bits per heavy atom. The van der Waals surface area contributed by atoms with Gasteiger partial charge in [0, 0.05) is 79.8 Å². The lowest BCUT2D eigenvalue weighted by molar-refractivity contribution is -0.248. The van der Waals surface area contributed by atoms with Gasteiger partial charge in [-0.15, -0.1) is 0 Å². The number of ether oxygens (including phenoxy) is 14. The van der Waals surface area contributed by atoms with Gasteiger partial charge in [-0.3, -0.25) is 38.6 Å². The molecule has 5 amide bonds. The Hall–Kier alpha value is -9.60. The van der Waals surface area contributed by atoms with E-state index in [-0.39, 0.29) is 73.7 Å². The minimum absolute atomic E-state index is 0.00565. The van der Waals surface area contributed by atoms with Crippen molar-refractivity contribution in [1.29, 1.82) is 0 Å². The number of anilines is 1. The number of aryl methyl sites for hydroxylation is 1. The number of carbonyl (C=O) groups is 6. The van der Waals surface area contributed by atoms with Crippen molar-refractivity contribution >= 4 is 83.3 Å². The monoisotopic (exact) mass is 1790 g/mol. The third kappa shape index (κ3) is 28.9. The van der Waals surface area contributed by atoms with Gasteiger partial charge in [0.15, 0.2) is 10.8 Å². The van der Waals surface area contributed by atoms with Crippen molar-refractivity contribution in [2.75, 3.05) is 190 Å². The number of hydrogen-bond acceptors (Lipinski definition) is 26. The number of unbranched alkanes of at least 4 members (excludes halogenated alkanes) is 1. The zero-order chi connectivity index (χ0) is 89.5. The first-order valence-electron chi connectivity index (χ1n) is 43.3. The van der Waals surface area contributed by atoms with Crippen molar-refractivity contribution in [3.05, 3.63) is 173 Å². The summed E-state index contributed by atoms with van der Waals surface area (Å²) in [6, 6.07) is 35.8. The topological polar surface area (TPSA) is 380 Å². The molecule has 3 aromatic heterocycles. The second-order valence-electron chi connectivity index (χ2n) is 33.2. The molecule has 4 aliphatic carbocycles. The minimum Gasteiger partial charge on any atom is -0.491 e. The van der Waals surface area contributed by atoms with Gasteiger partial charge in [0.25, 0.3) is 27.8 Å². The van der Waals surface area contributed by atoms with E-state index in [4.69, 9.17) is 76.4 Å². The van der Waals surface area contributed by atoms with Gasteiger partial charge in [-0.1, -0.05) is 98.0 Å². The molecule has 4 heterocycles. The van der Waals surface area contributed by atoms with Gasteiger partial charge >= 0.3 is 12.1 Å². The molecule has 686 valence electrons. The highest BCUT2D eigenvalue weighted by atomic mass is 32.2. The van der Waals surface area contributed by atoms with Crippen LogP contribution >= 0.6 is 11.3 Å². The molecule has 1 aliphatic heterocycles. The average Bonchev–Trinajstić information content (AvgIpc) is 1.08. The van der Waals surface area contributed by atoms with E-state index in [0.717, 1.165) is 76.0 Å². The lowest BCUT2D eigenvalue weighted by Crippen LogP contribution is -2.64. The first-order chi connectivity index (χ1) is 61.5. The number of pyridine rings is 1. The molecule has 3 atom stereocenters. The largest absolute Gasteiger partial charge is 0.491 e. The van der Waals surface area contributed by atoms with Crippen LogP contribution in [0.25, 0.3) is 43.4 Å². The summed E-state index contributed by atoms with van der Waals surface area (Å²) in [5.41, 5.74) is 5.32. The Morgan fingerprint density at radius 2 is 1.17 bits per heavy atom. The zero-order valence-corrected chi connectivity index (χ0v) is 74.4. The number of fused-ring (bicyclic) bond motifs is 2. The van der Waals surface area contributed by atoms with E-state index in [0.29, 0.717) is 226 Å². The van der Waals surface area contributed by atoms with E-state index in [1.807, 2.05) is 90.5 Å². The molecule has 5 aliphatic rings. The molecule has 0 saturated heterocycles. The number of methoxy groups -OCH3 is 1. The second kappa shape index (κ2) is 47.6. The van der Waals surface area contributed by atoms with Gasteiger partial charge in [-0.2, -0.15) is 13.5 Å². The van der Waals surface area contributed by atoms with Crippen molar-refractivity contribution in [1.82, 2.24) is 34.9 Å². The molecular formula is C93H118N8O24S2. The van der Waals surface area contributed by atoms with Crippen molar-refractivity contribution in [3.63, 3.8) is 0 Å². The number of para-hydroxylation sites is 1. The highest BCUT2D eigenvalue weighted by Crippen LogP contribution is 2.72. The van der Waals surface area contributed by atoms with E-state index >= 15 is 0 Å². The number of carboxylic acid groups (broad SMARTS) is 1. The van der Waals surface area contributed by atoms with Crippen LogP contribution in [0.15, 0.2) is 140 Å². The summed E-state index contributed by atoms with van der Waals surface area (Å²) >= 11 is 1.39. The Labute approximate surface area is 744 Å². The second-order valence-corrected chi connectivity index (χ2v) is 35.8. The third-order valence-corrected chi connectivity index (χ3v) is 24.5. The molecule has 127 heavy (non-hydrogen) atoms. The fourth-order valence-electron chi connectivity index (χ4n) is 18.2.